The minimum absolute atomic E-state index is 0.808. The summed E-state index contributed by atoms with van der Waals surface area (Å²) in [6.45, 7) is 2.31. The Bertz CT molecular complexity index is 1350. The van der Waals surface area contributed by atoms with Crippen molar-refractivity contribution >= 4 is 27.8 Å². The molecule has 0 aliphatic heterocycles. The largest absolute Gasteiger partial charge is 0.372 e. The third-order valence-corrected chi connectivity index (χ3v) is 6.17. The first-order valence-corrected chi connectivity index (χ1v) is 11.2. The van der Waals surface area contributed by atoms with Crippen LogP contribution in [0, 0.1) is 5.92 Å². The van der Waals surface area contributed by atoms with E-state index in [4.69, 9.17) is 4.98 Å². The van der Waals surface area contributed by atoms with E-state index in [2.05, 4.69) is 69.7 Å². The number of nitrogens with zero attached hydrogens (tertiary/aromatic N) is 3. The monoisotopic (exact) mass is 421 g/mol. The third-order valence-electron chi connectivity index (χ3n) is 6.17. The summed E-state index contributed by atoms with van der Waals surface area (Å²) >= 11 is 0. The number of aromatic nitrogens is 4. The molecule has 0 spiro atoms. The SMILES string of the molecule is CC1CCC1.CNc1ncnc2[nH]cc(-c3ccc4ccc(-c5ccccc5)nc4c3)c12. The lowest BCUT2D eigenvalue weighted by molar-refractivity contribution is 0.346. The van der Waals surface area contributed by atoms with E-state index in [1.807, 2.05) is 31.4 Å². The molecule has 2 N–H and O–H groups in total. The Morgan fingerprint density at radius 3 is 2.44 bits per heavy atom. The molecule has 0 atom stereocenters. The zero-order valence-corrected chi connectivity index (χ0v) is 18.5. The fourth-order valence-corrected chi connectivity index (χ4v) is 4.05. The van der Waals surface area contributed by atoms with E-state index in [9.17, 15) is 0 Å². The van der Waals surface area contributed by atoms with Gasteiger partial charge in [0.25, 0.3) is 0 Å². The van der Waals surface area contributed by atoms with Gasteiger partial charge in [0.15, 0.2) is 0 Å². The molecule has 5 nitrogen and oxygen atoms in total. The number of H-pyrrole nitrogens is 1. The van der Waals surface area contributed by atoms with Gasteiger partial charge in [0.2, 0.25) is 0 Å². The van der Waals surface area contributed by atoms with E-state index in [0.29, 0.717) is 0 Å². The van der Waals surface area contributed by atoms with Crippen molar-refractivity contribution in [2.45, 2.75) is 26.2 Å². The molecule has 0 bridgehead atoms. The van der Waals surface area contributed by atoms with E-state index >= 15 is 0 Å². The number of pyridine rings is 1. The van der Waals surface area contributed by atoms with Crippen molar-refractivity contribution < 1.29 is 0 Å². The molecule has 1 saturated carbocycles. The predicted octanol–water partition coefficient (Wildman–Crippen LogP) is 6.69. The average molecular weight is 422 g/mol. The van der Waals surface area contributed by atoms with Crippen LogP contribution in [0.3, 0.4) is 0 Å². The third kappa shape index (κ3) is 3.94. The summed E-state index contributed by atoms with van der Waals surface area (Å²) in [4.78, 5) is 16.8. The lowest BCUT2D eigenvalue weighted by atomic mass is 9.88. The number of aromatic amines is 1. The zero-order chi connectivity index (χ0) is 21.9. The molecule has 5 aromatic rings. The van der Waals surface area contributed by atoms with Gasteiger partial charge in [-0.15, -0.1) is 0 Å². The summed E-state index contributed by atoms with van der Waals surface area (Å²) in [5.74, 6) is 1.87. The topological polar surface area (TPSA) is 66.5 Å². The molecular formula is C27H27N5. The summed E-state index contributed by atoms with van der Waals surface area (Å²) in [7, 11) is 1.87. The summed E-state index contributed by atoms with van der Waals surface area (Å²) < 4.78 is 0. The van der Waals surface area contributed by atoms with Crippen LogP contribution in [-0.2, 0) is 0 Å². The molecule has 3 heterocycles. The summed E-state index contributed by atoms with van der Waals surface area (Å²) in [6.07, 6.45) is 7.99. The molecule has 32 heavy (non-hydrogen) atoms. The average Bonchev–Trinajstić information content (AvgIpc) is 3.27. The molecule has 0 saturated heterocycles. The van der Waals surface area contributed by atoms with Gasteiger partial charge in [-0.25, -0.2) is 15.0 Å². The fraction of sp³-hybridized carbons (Fsp3) is 0.222. The van der Waals surface area contributed by atoms with E-state index in [1.165, 1.54) is 19.3 Å². The summed E-state index contributed by atoms with van der Waals surface area (Å²) in [5, 5.41) is 5.25. The first kappa shape index (κ1) is 20.2. The molecule has 0 radical (unpaired) electrons. The fourth-order valence-electron chi connectivity index (χ4n) is 4.05. The van der Waals surface area contributed by atoms with Crippen LogP contribution in [0.1, 0.15) is 26.2 Å². The van der Waals surface area contributed by atoms with Crippen molar-refractivity contribution in [3.05, 3.63) is 73.2 Å². The second kappa shape index (κ2) is 8.79. The number of hydrogen-bond donors (Lipinski definition) is 2. The quantitative estimate of drug-likeness (QED) is 0.341. The number of fused-ring (bicyclic) bond motifs is 2. The maximum Gasteiger partial charge on any atom is 0.143 e. The van der Waals surface area contributed by atoms with E-state index in [-0.39, 0.29) is 0 Å². The number of nitrogens with one attached hydrogen (secondary N) is 2. The number of anilines is 1. The van der Waals surface area contributed by atoms with Crippen molar-refractivity contribution in [2.24, 2.45) is 5.92 Å². The van der Waals surface area contributed by atoms with Gasteiger partial charge in [0.1, 0.15) is 17.8 Å². The van der Waals surface area contributed by atoms with Crippen LogP contribution in [0.2, 0.25) is 0 Å². The van der Waals surface area contributed by atoms with Crippen LogP contribution in [0.5, 0.6) is 0 Å². The van der Waals surface area contributed by atoms with Gasteiger partial charge in [-0.3, -0.25) is 0 Å². The van der Waals surface area contributed by atoms with Gasteiger partial charge in [-0.05, 0) is 23.6 Å². The predicted molar refractivity (Wildman–Crippen MR) is 133 cm³/mol. The number of rotatable bonds is 3. The standard InChI is InChI=1S/C22H17N5.C5H10/c1-23-21-20-17(12-24-22(20)26-13-25-21)16-8-7-15-9-10-18(27-19(15)11-16)14-5-3-2-4-6-14;1-5-3-2-4-5/h2-13H,1H3,(H2,23,24,25,26);5H,2-4H2,1H3. The Hall–Kier alpha value is -3.73. The van der Waals surface area contributed by atoms with Gasteiger partial charge in [-0.1, -0.05) is 74.7 Å². The molecule has 0 amide bonds. The smallest absolute Gasteiger partial charge is 0.143 e. The Kier molecular flexibility index (Phi) is 5.55. The molecule has 5 heteroatoms. The second-order valence-electron chi connectivity index (χ2n) is 8.40. The summed E-state index contributed by atoms with van der Waals surface area (Å²) in [6, 6.07) is 20.8. The van der Waals surface area contributed by atoms with Crippen molar-refractivity contribution in [3.63, 3.8) is 0 Å². The Labute approximate surface area is 188 Å². The van der Waals surface area contributed by atoms with Crippen molar-refractivity contribution in [2.75, 3.05) is 12.4 Å². The molecule has 1 aliphatic rings. The van der Waals surface area contributed by atoms with Crippen LogP contribution < -0.4 is 5.32 Å². The molecule has 1 aliphatic carbocycles. The molecular weight excluding hydrogens is 394 g/mol. The minimum Gasteiger partial charge on any atom is -0.372 e. The van der Waals surface area contributed by atoms with Gasteiger partial charge in [0.05, 0.1) is 16.6 Å². The van der Waals surface area contributed by atoms with E-state index < -0.39 is 0 Å². The van der Waals surface area contributed by atoms with E-state index in [0.717, 1.165) is 56.1 Å². The van der Waals surface area contributed by atoms with Crippen LogP contribution in [-0.4, -0.2) is 27.0 Å². The number of benzene rings is 2. The molecule has 0 unspecified atom stereocenters. The molecule has 3 aromatic heterocycles. The van der Waals surface area contributed by atoms with E-state index in [1.54, 1.807) is 6.33 Å². The van der Waals surface area contributed by atoms with Gasteiger partial charge < -0.3 is 10.3 Å². The van der Waals surface area contributed by atoms with Crippen LogP contribution in [0.15, 0.2) is 73.2 Å². The lowest BCUT2D eigenvalue weighted by Gasteiger charge is -2.18. The van der Waals surface area contributed by atoms with Gasteiger partial charge in [-0.2, -0.15) is 0 Å². The summed E-state index contributed by atoms with van der Waals surface area (Å²) in [5.41, 5.74) is 6.00. The maximum atomic E-state index is 4.88. The van der Waals surface area contributed by atoms with Crippen LogP contribution >= 0.6 is 0 Å². The lowest BCUT2D eigenvalue weighted by Crippen LogP contribution is -2.04. The first-order valence-electron chi connectivity index (χ1n) is 11.2. The van der Waals surface area contributed by atoms with Gasteiger partial charge >= 0.3 is 0 Å². The van der Waals surface area contributed by atoms with Crippen molar-refractivity contribution in [1.82, 2.24) is 19.9 Å². The maximum absolute atomic E-state index is 4.88. The highest BCUT2D eigenvalue weighted by Gasteiger charge is 2.13. The first-order chi connectivity index (χ1) is 15.7. The molecule has 160 valence electrons. The zero-order valence-electron chi connectivity index (χ0n) is 18.5. The molecule has 2 aromatic carbocycles. The molecule has 6 rings (SSSR count). The highest BCUT2D eigenvalue weighted by molar-refractivity contribution is 6.02. The normalized spacial score (nSPS) is 13.4. The molecule has 1 fully saturated rings. The van der Waals surface area contributed by atoms with Gasteiger partial charge in [0, 0.05) is 29.8 Å². The highest BCUT2D eigenvalue weighted by atomic mass is 15.0. The minimum atomic E-state index is 0.808. The van der Waals surface area contributed by atoms with Crippen molar-refractivity contribution in [3.8, 4) is 22.4 Å². The van der Waals surface area contributed by atoms with Crippen molar-refractivity contribution in [1.29, 1.82) is 0 Å². The Morgan fingerprint density at radius 2 is 1.72 bits per heavy atom. The Balaban J connectivity index is 0.000000383. The highest BCUT2D eigenvalue weighted by Crippen LogP contribution is 2.33. The van der Waals surface area contributed by atoms with Crippen LogP contribution in [0.25, 0.3) is 44.3 Å². The number of hydrogen-bond acceptors (Lipinski definition) is 4. The Morgan fingerprint density at radius 1 is 0.938 bits per heavy atom. The van der Waals surface area contributed by atoms with Crippen LogP contribution in [0.4, 0.5) is 5.82 Å². The second-order valence-corrected chi connectivity index (χ2v) is 8.40.